The number of carbonyl (C=O) groups is 1. The molecule has 8 heteroatoms. The van der Waals surface area contributed by atoms with Crippen LogP contribution in [0, 0.1) is 0 Å². The van der Waals surface area contributed by atoms with Gasteiger partial charge in [-0.2, -0.15) is 4.31 Å². The molecular weight excluding hydrogens is 400 g/mol. The Hall–Kier alpha value is -1.64. The van der Waals surface area contributed by atoms with E-state index in [9.17, 15) is 13.2 Å². The summed E-state index contributed by atoms with van der Waals surface area (Å²) in [4.78, 5) is 17.6. The number of carbonyl (C=O) groups excluding carboxylic acids is 1. The van der Waals surface area contributed by atoms with Gasteiger partial charge in [0.15, 0.2) is 0 Å². The lowest BCUT2D eigenvalue weighted by molar-refractivity contribution is -0.125. The van der Waals surface area contributed by atoms with Crippen molar-refractivity contribution < 1.29 is 13.2 Å². The van der Waals surface area contributed by atoms with E-state index in [1.54, 1.807) is 0 Å². The number of rotatable bonds is 8. The molecule has 2 atom stereocenters. The Labute approximate surface area is 181 Å². The molecule has 2 aliphatic rings. The van der Waals surface area contributed by atoms with Gasteiger partial charge in [-0.1, -0.05) is 31.5 Å². The quantitative estimate of drug-likeness (QED) is 0.674. The van der Waals surface area contributed by atoms with Crippen LogP contribution in [0.3, 0.4) is 0 Å². The number of nitrogens with zero attached hydrogens (tertiary/aromatic N) is 3. The van der Waals surface area contributed by atoms with Crippen molar-refractivity contribution in [2.75, 3.05) is 49.9 Å². The van der Waals surface area contributed by atoms with Crippen molar-refractivity contribution in [1.29, 1.82) is 0 Å². The Morgan fingerprint density at radius 2 is 1.80 bits per heavy atom. The minimum absolute atomic E-state index is 0.110. The first kappa shape index (κ1) is 23.0. The molecule has 1 aromatic rings. The SMILES string of the molecule is CCCS(=O)(=O)N1CCCCC1C(=O)NCC(C)N1CCN(c2ccccc2)CC1. The normalized spacial score (nSPS) is 22.6. The number of amides is 1. The van der Waals surface area contributed by atoms with Crippen molar-refractivity contribution in [2.45, 2.75) is 51.6 Å². The van der Waals surface area contributed by atoms with E-state index in [2.05, 4.69) is 46.3 Å². The molecule has 7 nitrogen and oxygen atoms in total. The molecule has 2 aliphatic heterocycles. The van der Waals surface area contributed by atoms with Gasteiger partial charge in [-0.3, -0.25) is 9.69 Å². The van der Waals surface area contributed by atoms with Gasteiger partial charge in [0.05, 0.1) is 5.75 Å². The number of piperazine rings is 1. The van der Waals surface area contributed by atoms with Crippen molar-refractivity contribution in [1.82, 2.24) is 14.5 Å². The molecule has 3 rings (SSSR count). The van der Waals surface area contributed by atoms with E-state index in [1.165, 1.54) is 9.99 Å². The Kier molecular flexibility index (Phi) is 8.13. The average Bonchev–Trinajstić information content (AvgIpc) is 2.78. The van der Waals surface area contributed by atoms with Gasteiger partial charge in [-0.05, 0) is 38.3 Å². The summed E-state index contributed by atoms with van der Waals surface area (Å²) in [6, 6.07) is 10.1. The summed E-state index contributed by atoms with van der Waals surface area (Å²) in [6.45, 7) is 8.82. The molecule has 168 valence electrons. The highest BCUT2D eigenvalue weighted by molar-refractivity contribution is 7.89. The fourth-order valence-electron chi connectivity index (χ4n) is 4.43. The zero-order valence-corrected chi connectivity index (χ0v) is 19.1. The van der Waals surface area contributed by atoms with Crippen LogP contribution in [0.5, 0.6) is 0 Å². The molecule has 2 heterocycles. The highest BCUT2D eigenvalue weighted by Crippen LogP contribution is 2.22. The fraction of sp³-hybridized carbons (Fsp3) is 0.682. The van der Waals surface area contributed by atoms with E-state index in [1.807, 2.05) is 13.0 Å². The van der Waals surface area contributed by atoms with Crippen LogP contribution in [0.25, 0.3) is 0 Å². The summed E-state index contributed by atoms with van der Waals surface area (Å²) in [5, 5.41) is 3.04. The summed E-state index contributed by atoms with van der Waals surface area (Å²) in [5.74, 6) is -0.0389. The van der Waals surface area contributed by atoms with Crippen LogP contribution >= 0.6 is 0 Å². The van der Waals surface area contributed by atoms with Crippen molar-refractivity contribution in [3.63, 3.8) is 0 Å². The first-order valence-electron chi connectivity index (χ1n) is 11.2. The van der Waals surface area contributed by atoms with Gasteiger partial charge in [-0.25, -0.2) is 8.42 Å². The molecule has 2 fully saturated rings. The highest BCUT2D eigenvalue weighted by Gasteiger charge is 2.36. The second-order valence-corrected chi connectivity index (χ2v) is 10.4. The van der Waals surface area contributed by atoms with Crippen LogP contribution < -0.4 is 10.2 Å². The minimum atomic E-state index is -3.36. The minimum Gasteiger partial charge on any atom is -0.369 e. The van der Waals surface area contributed by atoms with E-state index in [0.29, 0.717) is 25.9 Å². The molecule has 0 saturated carbocycles. The molecule has 0 bridgehead atoms. The Morgan fingerprint density at radius 1 is 1.10 bits per heavy atom. The van der Waals surface area contributed by atoms with E-state index < -0.39 is 16.1 Å². The van der Waals surface area contributed by atoms with Gasteiger partial charge in [-0.15, -0.1) is 0 Å². The van der Waals surface area contributed by atoms with Gasteiger partial charge in [0.1, 0.15) is 6.04 Å². The zero-order chi connectivity index (χ0) is 21.6. The molecule has 1 aromatic carbocycles. The third kappa shape index (κ3) is 5.74. The summed E-state index contributed by atoms with van der Waals surface area (Å²) < 4.78 is 26.6. The second kappa shape index (κ2) is 10.6. The van der Waals surface area contributed by atoms with Crippen LogP contribution in [0.4, 0.5) is 5.69 Å². The lowest BCUT2D eigenvalue weighted by Gasteiger charge is -2.39. The molecule has 0 aliphatic carbocycles. The molecule has 2 unspecified atom stereocenters. The number of hydrogen-bond donors (Lipinski definition) is 1. The molecular formula is C22H36N4O3S. The Morgan fingerprint density at radius 3 is 2.47 bits per heavy atom. The van der Waals surface area contributed by atoms with Gasteiger partial charge in [0, 0.05) is 51.0 Å². The monoisotopic (exact) mass is 436 g/mol. The van der Waals surface area contributed by atoms with Crippen molar-refractivity contribution >= 4 is 21.6 Å². The van der Waals surface area contributed by atoms with Crippen LogP contribution in [-0.2, 0) is 14.8 Å². The Balaban J connectivity index is 1.49. The summed E-state index contributed by atoms with van der Waals surface area (Å²) in [7, 11) is -3.36. The lowest BCUT2D eigenvalue weighted by Crippen LogP contribution is -2.55. The number of para-hydroxylation sites is 1. The van der Waals surface area contributed by atoms with E-state index in [4.69, 9.17) is 0 Å². The Bertz CT molecular complexity index is 779. The summed E-state index contributed by atoms with van der Waals surface area (Å²) in [6.07, 6.45) is 2.90. The van der Waals surface area contributed by atoms with E-state index in [0.717, 1.165) is 39.0 Å². The molecule has 0 radical (unpaired) electrons. The zero-order valence-electron chi connectivity index (χ0n) is 18.3. The summed E-state index contributed by atoms with van der Waals surface area (Å²) in [5.41, 5.74) is 1.25. The van der Waals surface area contributed by atoms with Crippen LogP contribution in [-0.4, -0.2) is 80.6 Å². The molecule has 1 amide bonds. The van der Waals surface area contributed by atoms with Gasteiger partial charge >= 0.3 is 0 Å². The number of hydrogen-bond acceptors (Lipinski definition) is 5. The topological polar surface area (TPSA) is 73.0 Å². The van der Waals surface area contributed by atoms with Crippen LogP contribution in [0.2, 0.25) is 0 Å². The number of sulfonamides is 1. The first-order chi connectivity index (χ1) is 14.4. The predicted molar refractivity (Wildman–Crippen MR) is 121 cm³/mol. The lowest BCUT2D eigenvalue weighted by atomic mass is 10.0. The van der Waals surface area contributed by atoms with E-state index in [-0.39, 0.29) is 17.7 Å². The standard InChI is InChI=1S/C22H36N4O3S/c1-3-17-30(28,29)26-12-8-7-11-21(26)22(27)23-18-19(2)24-13-15-25(16-14-24)20-9-5-4-6-10-20/h4-6,9-10,19,21H,3,7-8,11-18H2,1-2H3,(H,23,27). The fourth-order valence-corrected chi connectivity index (χ4v) is 6.18. The number of piperidine rings is 1. The van der Waals surface area contributed by atoms with Gasteiger partial charge < -0.3 is 10.2 Å². The smallest absolute Gasteiger partial charge is 0.238 e. The highest BCUT2D eigenvalue weighted by atomic mass is 32.2. The maximum Gasteiger partial charge on any atom is 0.238 e. The molecule has 0 aromatic heterocycles. The van der Waals surface area contributed by atoms with Gasteiger partial charge in [0.2, 0.25) is 15.9 Å². The van der Waals surface area contributed by atoms with Crippen LogP contribution in [0.1, 0.15) is 39.5 Å². The maximum atomic E-state index is 12.8. The maximum absolute atomic E-state index is 12.8. The summed E-state index contributed by atoms with van der Waals surface area (Å²) >= 11 is 0. The molecule has 1 N–H and O–H groups in total. The number of anilines is 1. The van der Waals surface area contributed by atoms with Gasteiger partial charge in [0.25, 0.3) is 0 Å². The van der Waals surface area contributed by atoms with Crippen molar-refractivity contribution in [3.05, 3.63) is 30.3 Å². The van der Waals surface area contributed by atoms with Crippen molar-refractivity contribution in [3.8, 4) is 0 Å². The first-order valence-corrected chi connectivity index (χ1v) is 12.8. The molecule has 30 heavy (non-hydrogen) atoms. The van der Waals surface area contributed by atoms with Crippen LogP contribution in [0.15, 0.2) is 30.3 Å². The largest absolute Gasteiger partial charge is 0.369 e. The molecule has 2 saturated heterocycles. The predicted octanol–water partition coefficient (Wildman–Crippen LogP) is 1.91. The second-order valence-electron chi connectivity index (χ2n) is 8.39. The number of benzene rings is 1. The third-order valence-electron chi connectivity index (χ3n) is 6.21. The third-order valence-corrected chi connectivity index (χ3v) is 8.28. The van der Waals surface area contributed by atoms with E-state index >= 15 is 0 Å². The average molecular weight is 437 g/mol. The van der Waals surface area contributed by atoms with Crippen molar-refractivity contribution in [2.24, 2.45) is 0 Å². The molecule has 0 spiro atoms. The number of nitrogens with one attached hydrogen (secondary N) is 1.